The van der Waals surface area contributed by atoms with E-state index in [0.29, 0.717) is 0 Å². The van der Waals surface area contributed by atoms with Crippen LogP contribution in [-0.4, -0.2) is 17.5 Å². The molecule has 1 aromatic rings. The Hall–Kier alpha value is -1.17. The highest BCUT2D eigenvalue weighted by Crippen LogP contribution is 2.34. The number of alkyl halides is 3. The average Bonchev–Trinajstić information content (AvgIpc) is 2.19. The second-order valence-electron chi connectivity index (χ2n) is 3.07. The summed E-state index contributed by atoms with van der Waals surface area (Å²) in [5.41, 5.74) is 0.200. The summed E-state index contributed by atoms with van der Waals surface area (Å²) in [5, 5.41) is 9.46. The highest BCUT2D eigenvalue weighted by molar-refractivity contribution is 9.09. The minimum Gasteiger partial charge on any atom is -0.508 e. The molecule has 6 heteroatoms. The van der Waals surface area contributed by atoms with Gasteiger partial charge in [0.25, 0.3) is 0 Å². The number of phenolic OH excluding ortho intramolecular Hbond substituents is 1. The number of hydrogen-bond donors (Lipinski definition) is 1. The van der Waals surface area contributed by atoms with E-state index in [2.05, 4.69) is 20.7 Å². The number of ketones is 1. The number of hydrogen-bond acceptors (Lipinski definition) is 3. The summed E-state index contributed by atoms with van der Waals surface area (Å²) >= 11 is 3.05. The van der Waals surface area contributed by atoms with Crippen LogP contribution >= 0.6 is 15.9 Å². The van der Waals surface area contributed by atoms with Crippen LogP contribution in [0, 0.1) is 0 Å². The summed E-state index contributed by atoms with van der Waals surface area (Å²) in [4.78, 5) is 10.3. The first-order valence-corrected chi connectivity index (χ1v) is 5.25. The molecule has 3 nitrogen and oxygen atoms in total. The highest BCUT2D eigenvalue weighted by Gasteiger charge is 2.18. The molecule has 0 aliphatic heterocycles. The Bertz CT molecular complexity index is 396. The Balaban J connectivity index is 3.03. The summed E-state index contributed by atoms with van der Waals surface area (Å²) in [6.45, 7) is -1.62. The lowest BCUT2D eigenvalue weighted by Gasteiger charge is -2.11. The Morgan fingerprint density at radius 2 is 2.12 bits per heavy atom. The Morgan fingerprint density at radius 1 is 1.50 bits per heavy atom. The van der Waals surface area contributed by atoms with E-state index >= 15 is 0 Å². The molecule has 1 unspecified atom stereocenters. The maximum Gasteiger partial charge on any atom is 0.387 e. The van der Waals surface area contributed by atoms with E-state index in [1.54, 1.807) is 0 Å². The molecule has 0 saturated heterocycles. The molecule has 1 N–H and O–H groups in total. The van der Waals surface area contributed by atoms with Crippen LogP contribution in [0.25, 0.3) is 0 Å². The summed E-state index contributed by atoms with van der Waals surface area (Å²) in [6, 6.07) is 3.59. The Morgan fingerprint density at radius 3 is 2.62 bits per heavy atom. The van der Waals surface area contributed by atoms with E-state index in [9.17, 15) is 18.7 Å². The molecule has 1 aromatic carbocycles. The van der Waals surface area contributed by atoms with Gasteiger partial charge in [0.2, 0.25) is 0 Å². The minimum absolute atomic E-state index is 0.103. The van der Waals surface area contributed by atoms with Crippen molar-refractivity contribution < 1.29 is 23.4 Å². The smallest absolute Gasteiger partial charge is 0.387 e. The molecule has 0 saturated carbocycles. The lowest BCUT2D eigenvalue weighted by molar-refractivity contribution is -0.116. The van der Waals surface area contributed by atoms with Crippen LogP contribution in [0.15, 0.2) is 18.2 Å². The Labute approximate surface area is 99.2 Å². The SMILES string of the molecule is CC(=O)C(Br)c1cc(OC(F)F)ccc1O. The van der Waals surface area contributed by atoms with Crippen LogP contribution in [0.2, 0.25) is 0 Å². The molecule has 0 bridgehead atoms. The first kappa shape index (κ1) is 12.9. The summed E-state index contributed by atoms with van der Waals surface area (Å²) in [5.74, 6) is -0.503. The number of rotatable bonds is 4. The molecule has 88 valence electrons. The van der Waals surface area contributed by atoms with Gasteiger partial charge >= 0.3 is 6.61 Å². The van der Waals surface area contributed by atoms with Crippen LogP contribution in [0.1, 0.15) is 17.3 Å². The van der Waals surface area contributed by atoms with Crippen molar-refractivity contribution in [2.45, 2.75) is 18.4 Å². The first-order chi connectivity index (χ1) is 7.41. The normalized spacial score (nSPS) is 12.6. The van der Waals surface area contributed by atoms with E-state index in [4.69, 9.17) is 0 Å². The Kier molecular flexibility index (Phi) is 4.23. The fraction of sp³-hybridized carbons (Fsp3) is 0.300. The molecule has 0 amide bonds. The van der Waals surface area contributed by atoms with Gasteiger partial charge in [-0.05, 0) is 25.1 Å². The third-order valence-electron chi connectivity index (χ3n) is 1.85. The summed E-state index contributed by atoms with van der Waals surface area (Å²) < 4.78 is 28.1. The number of carbonyl (C=O) groups excluding carboxylic acids is 1. The first-order valence-electron chi connectivity index (χ1n) is 4.34. The molecular formula is C10H9BrF2O3. The molecule has 0 spiro atoms. The van der Waals surface area contributed by atoms with Gasteiger partial charge in [0.15, 0.2) is 0 Å². The molecule has 0 radical (unpaired) electrons. The second-order valence-corrected chi connectivity index (χ2v) is 3.99. The predicted octanol–water partition coefficient (Wildman–Crippen LogP) is 3.02. The van der Waals surface area contributed by atoms with E-state index < -0.39 is 11.4 Å². The lowest BCUT2D eigenvalue weighted by Crippen LogP contribution is -2.05. The fourth-order valence-electron chi connectivity index (χ4n) is 1.13. The quantitative estimate of drug-likeness (QED) is 0.869. The zero-order valence-electron chi connectivity index (χ0n) is 8.28. The van der Waals surface area contributed by atoms with Crippen molar-refractivity contribution in [3.63, 3.8) is 0 Å². The van der Waals surface area contributed by atoms with Crippen molar-refractivity contribution in [3.05, 3.63) is 23.8 Å². The second kappa shape index (κ2) is 5.25. The summed E-state index contributed by atoms with van der Waals surface area (Å²) in [7, 11) is 0. The van der Waals surface area contributed by atoms with Crippen LogP contribution < -0.4 is 4.74 Å². The topological polar surface area (TPSA) is 46.5 Å². The minimum atomic E-state index is -2.94. The standard InChI is InChI=1S/C10H9BrF2O3/c1-5(14)9(11)7-4-6(16-10(12)13)2-3-8(7)15/h2-4,9-10,15H,1H3. The van der Waals surface area contributed by atoms with E-state index in [0.717, 1.165) is 0 Å². The van der Waals surface area contributed by atoms with Gasteiger partial charge in [-0.3, -0.25) is 4.79 Å². The lowest BCUT2D eigenvalue weighted by atomic mass is 10.1. The molecule has 1 rings (SSSR count). The third kappa shape index (κ3) is 3.16. The van der Waals surface area contributed by atoms with E-state index in [1.807, 2.05) is 0 Å². The molecule has 0 fully saturated rings. The van der Waals surface area contributed by atoms with Crippen molar-refractivity contribution in [3.8, 4) is 11.5 Å². The largest absolute Gasteiger partial charge is 0.508 e. The van der Waals surface area contributed by atoms with Crippen molar-refractivity contribution in [2.24, 2.45) is 0 Å². The zero-order valence-corrected chi connectivity index (χ0v) is 9.87. The van der Waals surface area contributed by atoms with Gasteiger partial charge in [-0.2, -0.15) is 8.78 Å². The van der Waals surface area contributed by atoms with Gasteiger partial charge in [-0.15, -0.1) is 0 Å². The maximum atomic E-state index is 11.9. The van der Waals surface area contributed by atoms with Crippen LogP contribution in [0.5, 0.6) is 11.5 Å². The summed E-state index contributed by atoms with van der Waals surface area (Å²) in [6.07, 6.45) is 0. The highest BCUT2D eigenvalue weighted by atomic mass is 79.9. The number of carbonyl (C=O) groups is 1. The van der Waals surface area contributed by atoms with E-state index in [-0.39, 0.29) is 22.8 Å². The van der Waals surface area contributed by atoms with Crippen molar-refractivity contribution in [2.75, 3.05) is 0 Å². The van der Waals surface area contributed by atoms with Gasteiger partial charge in [0, 0.05) is 5.56 Å². The molecule has 0 aromatic heterocycles. The molecule has 0 aliphatic carbocycles. The van der Waals surface area contributed by atoms with Crippen LogP contribution in [-0.2, 0) is 4.79 Å². The number of phenols is 1. The number of ether oxygens (including phenoxy) is 1. The number of aromatic hydroxyl groups is 1. The fourth-order valence-corrected chi connectivity index (χ4v) is 1.50. The zero-order chi connectivity index (χ0) is 12.3. The average molecular weight is 295 g/mol. The molecule has 0 aliphatic rings. The third-order valence-corrected chi connectivity index (χ3v) is 2.99. The van der Waals surface area contributed by atoms with Gasteiger partial charge < -0.3 is 9.84 Å². The predicted molar refractivity (Wildman–Crippen MR) is 57.1 cm³/mol. The van der Waals surface area contributed by atoms with Gasteiger partial charge in [0.05, 0.1) is 0 Å². The molecular weight excluding hydrogens is 286 g/mol. The van der Waals surface area contributed by atoms with E-state index in [1.165, 1.54) is 25.1 Å². The van der Waals surface area contributed by atoms with Crippen molar-refractivity contribution in [1.29, 1.82) is 0 Å². The number of benzene rings is 1. The van der Waals surface area contributed by atoms with Crippen molar-refractivity contribution in [1.82, 2.24) is 0 Å². The maximum absolute atomic E-state index is 11.9. The van der Waals surface area contributed by atoms with Crippen LogP contribution in [0.3, 0.4) is 0 Å². The van der Waals surface area contributed by atoms with Crippen LogP contribution in [0.4, 0.5) is 8.78 Å². The monoisotopic (exact) mass is 294 g/mol. The molecule has 16 heavy (non-hydrogen) atoms. The van der Waals surface area contributed by atoms with Gasteiger partial charge in [0.1, 0.15) is 22.1 Å². The number of halogens is 3. The van der Waals surface area contributed by atoms with Gasteiger partial charge in [-0.1, -0.05) is 15.9 Å². The molecule has 0 heterocycles. The number of Topliss-reactive ketones (excluding diaryl/α,β-unsaturated/α-hetero) is 1. The van der Waals surface area contributed by atoms with Gasteiger partial charge in [-0.25, -0.2) is 0 Å². The molecule has 1 atom stereocenters. The van der Waals surface area contributed by atoms with Crippen molar-refractivity contribution >= 4 is 21.7 Å².